The SMILES string of the molecule is CCCCOc1ccc(Br)c(-c2cc(C(C)(C)C)cc(C34CC5CC(CC(C5)C3)C4)c2OCOC)c1. The standard InChI is InChI=1S/C32H43BrO3/c1-6-7-10-35-25-8-9-29(33)26(16-25)27-14-24(31(2,3)4)15-28(30(27)36-20-34-5)32-17-21-11-22(18-32)13-23(12-21)19-32/h8-9,14-16,21-23H,6-7,10-13,17-20H2,1-5H3. The first-order valence-electron chi connectivity index (χ1n) is 14.0. The Bertz CT molecular complexity index is 1050. The van der Waals surface area contributed by atoms with E-state index in [0.717, 1.165) is 64.3 Å². The molecule has 4 aliphatic carbocycles. The van der Waals surface area contributed by atoms with Gasteiger partial charge in [0.05, 0.1) is 6.61 Å². The van der Waals surface area contributed by atoms with Gasteiger partial charge in [-0.2, -0.15) is 0 Å². The highest BCUT2D eigenvalue weighted by Crippen LogP contribution is 2.63. The van der Waals surface area contributed by atoms with E-state index in [9.17, 15) is 0 Å². The van der Waals surface area contributed by atoms with Gasteiger partial charge < -0.3 is 14.2 Å². The molecule has 2 aromatic rings. The molecule has 4 aliphatic rings. The van der Waals surface area contributed by atoms with E-state index in [-0.39, 0.29) is 17.6 Å². The first kappa shape index (κ1) is 26.1. The van der Waals surface area contributed by atoms with Crippen LogP contribution in [0.1, 0.15) is 90.2 Å². The fourth-order valence-electron chi connectivity index (χ4n) is 7.50. The Morgan fingerprint density at radius 1 is 0.917 bits per heavy atom. The molecule has 4 bridgehead atoms. The van der Waals surface area contributed by atoms with Gasteiger partial charge in [0.1, 0.15) is 11.5 Å². The lowest BCUT2D eigenvalue weighted by molar-refractivity contribution is -0.00881. The lowest BCUT2D eigenvalue weighted by Crippen LogP contribution is -2.48. The average molecular weight is 556 g/mol. The number of hydrogen-bond acceptors (Lipinski definition) is 3. The van der Waals surface area contributed by atoms with Gasteiger partial charge in [-0.1, -0.05) is 56.1 Å². The number of unbranched alkanes of at least 4 members (excludes halogenated alkanes) is 1. The van der Waals surface area contributed by atoms with Gasteiger partial charge in [-0.25, -0.2) is 0 Å². The van der Waals surface area contributed by atoms with E-state index < -0.39 is 0 Å². The minimum atomic E-state index is 0.0350. The third-order valence-electron chi connectivity index (χ3n) is 8.88. The van der Waals surface area contributed by atoms with E-state index in [2.05, 4.69) is 74.0 Å². The van der Waals surface area contributed by atoms with Gasteiger partial charge in [0.2, 0.25) is 0 Å². The molecular formula is C32H43BrO3. The van der Waals surface area contributed by atoms with Gasteiger partial charge in [-0.3, -0.25) is 0 Å². The van der Waals surface area contributed by atoms with Crippen LogP contribution in [0.3, 0.4) is 0 Å². The maximum absolute atomic E-state index is 6.54. The summed E-state index contributed by atoms with van der Waals surface area (Å²) in [4.78, 5) is 0. The van der Waals surface area contributed by atoms with Crippen molar-refractivity contribution in [3.8, 4) is 22.6 Å². The summed E-state index contributed by atoms with van der Waals surface area (Å²) in [7, 11) is 1.71. The monoisotopic (exact) mass is 554 g/mol. The molecule has 0 spiro atoms. The Kier molecular flexibility index (Phi) is 7.49. The lowest BCUT2D eigenvalue weighted by atomic mass is 9.47. The van der Waals surface area contributed by atoms with E-state index in [1.807, 2.05) is 0 Å². The smallest absolute Gasteiger partial charge is 0.188 e. The molecule has 0 aromatic heterocycles. The number of methoxy groups -OCH3 is 1. The van der Waals surface area contributed by atoms with E-state index in [1.54, 1.807) is 7.11 Å². The highest BCUT2D eigenvalue weighted by molar-refractivity contribution is 9.10. The maximum Gasteiger partial charge on any atom is 0.188 e. The molecule has 0 radical (unpaired) electrons. The van der Waals surface area contributed by atoms with Crippen LogP contribution in [0.15, 0.2) is 34.8 Å². The minimum Gasteiger partial charge on any atom is -0.494 e. The van der Waals surface area contributed by atoms with Crippen molar-refractivity contribution in [2.75, 3.05) is 20.5 Å². The maximum atomic E-state index is 6.54. The summed E-state index contributed by atoms with van der Waals surface area (Å²) in [5.41, 5.74) is 5.33. The van der Waals surface area contributed by atoms with Crippen LogP contribution in [0.2, 0.25) is 0 Å². The topological polar surface area (TPSA) is 27.7 Å². The van der Waals surface area contributed by atoms with Crippen molar-refractivity contribution in [2.45, 2.75) is 89.9 Å². The lowest BCUT2D eigenvalue weighted by Gasteiger charge is -2.57. The average Bonchev–Trinajstić information content (AvgIpc) is 2.82. The molecule has 6 rings (SSSR count). The molecule has 4 saturated carbocycles. The number of rotatable bonds is 9. The fourth-order valence-corrected chi connectivity index (χ4v) is 7.96. The highest BCUT2D eigenvalue weighted by atomic mass is 79.9. The molecule has 0 amide bonds. The van der Waals surface area contributed by atoms with Crippen molar-refractivity contribution < 1.29 is 14.2 Å². The predicted molar refractivity (Wildman–Crippen MR) is 151 cm³/mol. The Morgan fingerprint density at radius 2 is 1.58 bits per heavy atom. The Morgan fingerprint density at radius 3 is 2.17 bits per heavy atom. The molecule has 4 fully saturated rings. The second kappa shape index (κ2) is 10.3. The van der Waals surface area contributed by atoms with Gasteiger partial charge in [0.15, 0.2) is 6.79 Å². The molecule has 0 saturated heterocycles. The van der Waals surface area contributed by atoms with E-state index in [0.29, 0.717) is 0 Å². The zero-order valence-electron chi connectivity index (χ0n) is 22.8. The molecular weight excluding hydrogens is 512 g/mol. The van der Waals surface area contributed by atoms with Gasteiger partial charge in [0, 0.05) is 28.3 Å². The molecule has 0 N–H and O–H groups in total. The second-order valence-electron chi connectivity index (χ2n) is 12.7. The largest absolute Gasteiger partial charge is 0.494 e. The molecule has 0 atom stereocenters. The summed E-state index contributed by atoms with van der Waals surface area (Å²) in [6.07, 6.45) is 10.4. The fraction of sp³-hybridized carbons (Fsp3) is 0.625. The summed E-state index contributed by atoms with van der Waals surface area (Å²) >= 11 is 3.87. The summed E-state index contributed by atoms with van der Waals surface area (Å²) in [5.74, 6) is 4.54. The molecule has 196 valence electrons. The second-order valence-corrected chi connectivity index (χ2v) is 13.6. The van der Waals surface area contributed by atoms with Crippen molar-refractivity contribution in [1.29, 1.82) is 0 Å². The van der Waals surface area contributed by atoms with Gasteiger partial charge in [0.25, 0.3) is 0 Å². The van der Waals surface area contributed by atoms with Crippen molar-refractivity contribution >= 4 is 15.9 Å². The molecule has 0 aliphatic heterocycles. The number of benzene rings is 2. The van der Waals surface area contributed by atoms with Crippen molar-refractivity contribution in [2.24, 2.45) is 17.8 Å². The van der Waals surface area contributed by atoms with Crippen molar-refractivity contribution in [1.82, 2.24) is 0 Å². The quantitative estimate of drug-likeness (QED) is 0.228. The first-order valence-corrected chi connectivity index (χ1v) is 14.7. The third-order valence-corrected chi connectivity index (χ3v) is 9.57. The third kappa shape index (κ3) is 5.10. The number of ether oxygens (including phenoxy) is 3. The van der Waals surface area contributed by atoms with E-state index >= 15 is 0 Å². The van der Waals surface area contributed by atoms with Crippen LogP contribution in [0, 0.1) is 17.8 Å². The zero-order chi connectivity index (χ0) is 25.5. The Hall–Kier alpha value is -1.52. The van der Waals surface area contributed by atoms with E-state index in [4.69, 9.17) is 14.2 Å². The van der Waals surface area contributed by atoms with Crippen LogP contribution in [0.4, 0.5) is 0 Å². The molecule has 4 heteroatoms. The van der Waals surface area contributed by atoms with Crippen molar-refractivity contribution in [3.05, 3.63) is 45.9 Å². The van der Waals surface area contributed by atoms with Gasteiger partial charge in [-0.05, 0) is 103 Å². The van der Waals surface area contributed by atoms with Crippen molar-refractivity contribution in [3.63, 3.8) is 0 Å². The zero-order valence-corrected chi connectivity index (χ0v) is 24.4. The first-order chi connectivity index (χ1) is 17.2. The van der Waals surface area contributed by atoms with Crippen LogP contribution < -0.4 is 9.47 Å². The van der Waals surface area contributed by atoms with E-state index in [1.165, 1.54) is 49.7 Å². The summed E-state index contributed by atoms with van der Waals surface area (Å²) in [6.45, 7) is 10.2. The summed E-state index contributed by atoms with van der Waals surface area (Å²) < 4.78 is 19.2. The van der Waals surface area contributed by atoms with Crippen LogP contribution in [-0.2, 0) is 15.6 Å². The van der Waals surface area contributed by atoms with Gasteiger partial charge in [-0.15, -0.1) is 0 Å². The normalized spacial score (nSPS) is 26.9. The minimum absolute atomic E-state index is 0.0350. The highest BCUT2D eigenvalue weighted by Gasteiger charge is 2.53. The summed E-state index contributed by atoms with van der Waals surface area (Å²) in [5, 5.41) is 0. The Balaban J connectivity index is 1.68. The number of halogens is 1. The molecule has 3 nitrogen and oxygen atoms in total. The van der Waals surface area contributed by atoms with Gasteiger partial charge >= 0.3 is 0 Å². The molecule has 2 aromatic carbocycles. The van der Waals surface area contributed by atoms with Crippen LogP contribution >= 0.6 is 15.9 Å². The molecule has 0 unspecified atom stereocenters. The van der Waals surface area contributed by atoms with Crippen LogP contribution in [0.25, 0.3) is 11.1 Å². The summed E-state index contributed by atoms with van der Waals surface area (Å²) in [6, 6.07) is 11.2. The number of hydrogen-bond donors (Lipinski definition) is 0. The molecule has 36 heavy (non-hydrogen) atoms. The predicted octanol–water partition coefficient (Wildman–Crippen LogP) is 9.04. The Labute approximate surface area is 226 Å². The van der Waals surface area contributed by atoms with Crippen LogP contribution in [0.5, 0.6) is 11.5 Å². The van der Waals surface area contributed by atoms with Crippen LogP contribution in [-0.4, -0.2) is 20.5 Å². The molecule has 0 heterocycles.